The third-order valence-electron chi connectivity index (χ3n) is 4.40. The van der Waals surface area contributed by atoms with Crippen LogP contribution >= 0.6 is 11.6 Å². The Hall–Kier alpha value is -1.57. The highest BCUT2D eigenvalue weighted by Gasteiger charge is 2.33. The molecular formula is C19H26ClN3O3S. The van der Waals surface area contributed by atoms with Crippen LogP contribution in [0.15, 0.2) is 34.2 Å². The van der Waals surface area contributed by atoms with Crippen LogP contribution in [0.25, 0.3) is 0 Å². The molecule has 0 radical (unpaired) electrons. The Morgan fingerprint density at radius 2 is 1.89 bits per heavy atom. The van der Waals surface area contributed by atoms with Crippen molar-refractivity contribution in [3.63, 3.8) is 0 Å². The zero-order valence-corrected chi connectivity index (χ0v) is 17.5. The first-order valence-electron chi connectivity index (χ1n) is 8.94. The summed E-state index contributed by atoms with van der Waals surface area (Å²) in [4.78, 5) is 29.3. The first-order chi connectivity index (χ1) is 12.6. The lowest BCUT2D eigenvalue weighted by Crippen LogP contribution is -2.45. The van der Waals surface area contributed by atoms with Crippen molar-refractivity contribution in [2.24, 2.45) is 16.1 Å². The van der Waals surface area contributed by atoms with Crippen molar-refractivity contribution in [2.45, 2.75) is 57.4 Å². The second-order valence-electron chi connectivity index (χ2n) is 7.65. The van der Waals surface area contributed by atoms with Gasteiger partial charge in [-0.05, 0) is 37.1 Å². The molecule has 1 aromatic carbocycles. The normalized spacial score (nSPS) is 20.3. The standard InChI is InChI=1S/C19H26ClN3O3S/c1-19(2,3)16(24)12-17(21)22-18(25)15-6-4-5-11-23(15)27(26)14-9-7-13(20)8-10-14/h7-10,15H,4-6,11-12H2,1-3H3,(H2,21,22,25). The number of aliphatic imine (C=N–C) groups is 1. The van der Waals surface area contributed by atoms with E-state index in [-0.39, 0.29) is 18.0 Å². The summed E-state index contributed by atoms with van der Waals surface area (Å²) in [6, 6.07) is 6.11. The number of amides is 1. The largest absolute Gasteiger partial charge is 0.387 e. The average Bonchev–Trinajstić information content (AvgIpc) is 2.60. The van der Waals surface area contributed by atoms with Crippen LogP contribution in [0, 0.1) is 5.41 Å². The molecule has 2 N–H and O–H groups in total. The second kappa shape index (κ2) is 9.08. The molecule has 1 heterocycles. The highest BCUT2D eigenvalue weighted by Crippen LogP contribution is 2.24. The van der Waals surface area contributed by atoms with Crippen LogP contribution < -0.4 is 5.73 Å². The van der Waals surface area contributed by atoms with Crippen molar-refractivity contribution in [3.05, 3.63) is 29.3 Å². The van der Waals surface area contributed by atoms with E-state index >= 15 is 0 Å². The van der Waals surface area contributed by atoms with E-state index in [1.807, 2.05) is 0 Å². The van der Waals surface area contributed by atoms with E-state index in [9.17, 15) is 13.8 Å². The fourth-order valence-electron chi connectivity index (χ4n) is 2.72. The lowest BCUT2D eigenvalue weighted by atomic mass is 9.89. The van der Waals surface area contributed by atoms with Crippen molar-refractivity contribution in [2.75, 3.05) is 6.54 Å². The second-order valence-corrected chi connectivity index (χ2v) is 9.52. The van der Waals surface area contributed by atoms with Crippen LogP contribution in [0.2, 0.25) is 5.02 Å². The highest BCUT2D eigenvalue weighted by molar-refractivity contribution is 7.82. The number of piperidine rings is 1. The maximum atomic E-state index is 12.9. The molecule has 1 fully saturated rings. The molecule has 0 saturated carbocycles. The summed E-state index contributed by atoms with van der Waals surface area (Å²) in [5.74, 6) is -0.527. The van der Waals surface area contributed by atoms with Gasteiger partial charge in [0, 0.05) is 17.0 Å². The lowest BCUT2D eigenvalue weighted by Gasteiger charge is -2.32. The van der Waals surface area contributed by atoms with Crippen LogP contribution in [-0.2, 0) is 20.6 Å². The number of carbonyl (C=O) groups is 2. The molecule has 8 heteroatoms. The quantitative estimate of drug-likeness (QED) is 0.595. The SMILES string of the molecule is CC(C)(C)C(=O)CC(N)=NC(=O)C1CCCCN1S(=O)c1ccc(Cl)cc1. The molecule has 0 aliphatic carbocycles. The number of nitrogens with zero attached hydrogens (tertiary/aromatic N) is 2. The Morgan fingerprint density at radius 3 is 2.48 bits per heavy atom. The number of Topliss-reactive ketones (excluding diaryl/α,β-unsaturated/α-hetero) is 1. The third kappa shape index (κ3) is 5.96. The molecule has 2 rings (SSSR count). The molecule has 2 atom stereocenters. The van der Waals surface area contributed by atoms with E-state index in [0.717, 1.165) is 12.8 Å². The molecule has 6 nitrogen and oxygen atoms in total. The minimum Gasteiger partial charge on any atom is -0.387 e. The van der Waals surface area contributed by atoms with E-state index in [4.69, 9.17) is 17.3 Å². The van der Waals surface area contributed by atoms with Gasteiger partial charge < -0.3 is 5.73 Å². The van der Waals surface area contributed by atoms with E-state index in [2.05, 4.69) is 4.99 Å². The predicted molar refractivity (Wildman–Crippen MR) is 108 cm³/mol. The van der Waals surface area contributed by atoms with Gasteiger partial charge in [0.15, 0.2) is 0 Å². The van der Waals surface area contributed by atoms with Crippen molar-refractivity contribution in [1.29, 1.82) is 0 Å². The number of hydrogen-bond acceptors (Lipinski definition) is 3. The molecule has 1 saturated heterocycles. The van der Waals surface area contributed by atoms with Gasteiger partial charge in [0.25, 0.3) is 5.91 Å². The molecular weight excluding hydrogens is 386 g/mol. The Morgan fingerprint density at radius 1 is 1.26 bits per heavy atom. The number of rotatable bonds is 5. The summed E-state index contributed by atoms with van der Waals surface area (Å²) in [7, 11) is -1.49. The fraction of sp³-hybridized carbons (Fsp3) is 0.526. The number of halogens is 1. The van der Waals surface area contributed by atoms with Gasteiger partial charge in [-0.2, -0.15) is 4.99 Å². The van der Waals surface area contributed by atoms with E-state index in [1.165, 1.54) is 0 Å². The summed E-state index contributed by atoms with van der Waals surface area (Å²) in [5.41, 5.74) is 5.28. The van der Waals surface area contributed by atoms with Gasteiger partial charge in [-0.1, -0.05) is 38.8 Å². The summed E-state index contributed by atoms with van der Waals surface area (Å²) in [5, 5.41) is 0.558. The van der Waals surface area contributed by atoms with Crippen LogP contribution in [-0.4, -0.2) is 38.6 Å². The monoisotopic (exact) mass is 411 g/mol. The number of amidine groups is 1. The van der Waals surface area contributed by atoms with Crippen molar-refractivity contribution >= 4 is 40.1 Å². The fourth-order valence-corrected chi connectivity index (χ4v) is 4.21. The number of ketones is 1. The van der Waals surface area contributed by atoms with Crippen LogP contribution in [0.3, 0.4) is 0 Å². The number of hydrogen-bond donors (Lipinski definition) is 1. The molecule has 2 unspecified atom stereocenters. The van der Waals surface area contributed by atoms with Gasteiger partial charge in [-0.25, -0.2) is 8.51 Å². The van der Waals surface area contributed by atoms with Crippen LogP contribution in [0.1, 0.15) is 46.5 Å². The van der Waals surface area contributed by atoms with Gasteiger partial charge in [0.05, 0.1) is 11.3 Å². The number of carbonyl (C=O) groups excluding carboxylic acids is 2. The minimum atomic E-state index is -1.49. The molecule has 148 valence electrons. The Kier molecular flexibility index (Phi) is 7.31. The molecule has 0 bridgehead atoms. The Bertz CT molecular complexity index is 756. The van der Waals surface area contributed by atoms with E-state index in [0.29, 0.717) is 22.9 Å². The van der Waals surface area contributed by atoms with Gasteiger partial charge in [-0.3, -0.25) is 9.59 Å². The van der Waals surface area contributed by atoms with Gasteiger partial charge in [0.2, 0.25) is 0 Å². The molecule has 0 spiro atoms. The minimum absolute atomic E-state index is 0.00252. The summed E-state index contributed by atoms with van der Waals surface area (Å²) in [6.45, 7) is 5.91. The average molecular weight is 412 g/mol. The maximum Gasteiger partial charge on any atom is 0.265 e. The van der Waals surface area contributed by atoms with Gasteiger partial charge >= 0.3 is 0 Å². The number of benzene rings is 1. The molecule has 1 aliphatic heterocycles. The first-order valence-corrected chi connectivity index (χ1v) is 10.4. The third-order valence-corrected chi connectivity index (χ3v) is 6.19. The summed E-state index contributed by atoms with van der Waals surface area (Å²) in [6.07, 6.45) is 2.19. The lowest BCUT2D eigenvalue weighted by molar-refractivity contribution is -0.125. The Labute approximate surface area is 167 Å². The smallest absolute Gasteiger partial charge is 0.265 e. The zero-order chi connectivity index (χ0) is 20.2. The van der Waals surface area contributed by atoms with Crippen LogP contribution in [0.4, 0.5) is 0 Å². The highest BCUT2D eigenvalue weighted by atomic mass is 35.5. The molecule has 0 aromatic heterocycles. The van der Waals surface area contributed by atoms with E-state index < -0.39 is 28.3 Å². The van der Waals surface area contributed by atoms with Crippen molar-refractivity contribution < 1.29 is 13.8 Å². The maximum absolute atomic E-state index is 12.9. The van der Waals surface area contributed by atoms with E-state index in [1.54, 1.807) is 49.3 Å². The molecule has 1 aromatic rings. The summed E-state index contributed by atoms with van der Waals surface area (Å²) >= 11 is 5.89. The van der Waals surface area contributed by atoms with Crippen LogP contribution in [0.5, 0.6) is 0 Å². The molecule has 1 amide bonds. The zero-order valence-electron chi connectivity index (χ0n) is 15.9. The Balaban J connectivity index is 2.15. The first kappa shape index (κ1) is 21.7. The predicted octanol–water partition coefficient (Wildman–Crippen LogP) is 3.11. The van der Waals surface area contributed by atoms with Gasteiger partial charge in [0.1, 0.15) is 28.6 Å². The molecule has 27 heavy (non-hydrogen) atoms. The summed E-state index contributed by atoms with van der Waals surface area (Å²) < 4.78 is 14.6. The van der Waals surface area contributed by atoms with Crippen molar-refractivity contribution in [3.8, 4) is 0 Å². The van der Waals surface area contributed by atoms with Gasteiger partial charge in [-0.15, -0.1) is 0 Å². The number of nitrogens with two attached hydrogens (primary N) is 1. The van der Waals surface area contributed by atoms with Crippen molar-refractivity contribution in [1.82, 2.24) is 4.31 Å². The topological polar surface area (TPSA) is 92.8 Å². The molecule has 1 aliphatic rings.